The molecule has 25 aromatic rings. The van der Waals surface area contributed by atoms with Crippen LogP contribution in [0.5, 0.6) is 0 Å². The van der Waals surface area contributed by atoms with Gasteiger partial charge in [0.05, 0.1) is 49.8 Å². The first-order chi connectivity index (χ1) is 69.6. The molecule has 0 atom stereocenters. The Morgan fingerprint density at radius 2 is 0.521 bits per heavy atom. The molecule has 142 heavy (non-hydrogen) atoms. The SMILES string of the molecule is CC#CC#Cc1ccc2c(c1)c1cc(C)ccc1n2-c1ccc(-c2ccc(C)c(-c3cccc[n+]3C)c2)cc1.Cc1ccc(-c2ccc(-n3c4ccccc4c4ccccc43)c3ccccc23)cc1-c1cccc[n+]1C.Cc1ccc(-c2ccc(-n3c4ccccc4c4ccccc43)cc2)cc1-c1cccc[n+]1C.Cc1ccc(-c2cccc(-n3c4ccccc4c4ccccc43)c2)cc1-c1cccc[n+]1C.[HH].[HH].[HH].[HH].[HH]. The van der Waals surface area contributed by atoms with Crippen molar-refractivity contribution in [3.05, 3.63) is 495 Å². The Balaban J connectivity index is 0.000000133. The number of hydrogen-bond acceptors (Lipinski definition) is 0. The van der Waals surface area contributed by atoms with Gasteiger partial charge in [0, 0.05) is 149 Å². The summed E-state index contributed by atoms with van der Waals surface area (Å²) < 4.78 is 18.2. The molecule has 17 aromatic carbocycles. The van der Waals surface area contributed by atoms with Gasteiger partial charge in [0.2, 0.25) is 22.8 Å². The molecule has 0 fully saturated rings. The molecule has 0 spiro atoms. The Hall–Kier alpha value is -18.1. The predicted octanol–water partition coefficient (Wildman–Crippen LogP) is 32.1. The van der Waals surface area contributed by atoms with E-state index in [-0.39, 0.29) is 7.13 Å². The van der Waals surface area contributed by atoms with E-state index in [4.69, 9.17) is 0 Å². The third kappa shape index (κ3) is 16.9. The number of pyridine rings is 4. The zero-order chi connectivity index (χ0) is 96.6. The van der Waals surface area contributed by atoms with Crippen molar-refractivity contribution in [3.63, 3.8) is 0 Å². The number of aromatic nitrogens is 8. The zero-order valence-corrected chi connectivity index (χ0v) is 81.5. The minimum atomic E-state index is 0. The molecule has 0 saturated carbocycles. The van der Waals surface area contributed by atoms with Crippen LogP contribution in [-0.2, 0) is 28.2 Å². The van der Waals surface area contributed by atoms with E-state index < -0.39 is 0 Å². The highest BCUT2D eigenvalue weighted by molar-refractivity contribution is 6.14. The highest BCUT2D eigenvalue weighted by Gasteiger charge is 2.24. The van der Waals surface area contributed by atoms with Crippen molar-refractivity contribution < 1.29 is 25.4 Å². The molecule has 0 saturated heterocycles. The highest BCUT2D eigenvalue weighted by atomic mass is 15.0. The van der Waals surface area contributed by atoms with Crippen LogP contribution in [0.1, 0.15) is 47.4 Å². The van der Waals surface area contributed by atoms with Gasteiger partial charge in [0.15, 0.2) is 24.8 Å². The number of para-hydroxylation sites is 6. The molecule has 8 aromatic heterocycles. The van der Waals surface area contributed by atoms with Crippen molar-refractivity contribution in [2.24, 2.45) is 28.2 Å². The molecule has 0 aliphatic rings. The van der Waals surface area contributed by atoms with Crippen LogP contribution in [0.2, 0.25) is 0 Å². The van der Waals surface area contributed by atoms with Crippen molar-refractivity contribution in [2.75, 3.05) is 0 Å². The molecule has 688 valence electrons. The van der Waals surface area contributed by atoms with Crippen LogP contribution in [0.25, 0.3) is 210 Å². The molecular weight excluding hydrogens is 1720 g/mol. The molecule has 8 nitrogen and oxygen atoms in total. The molecular formula is C134H116N8+4. The summed E-state index contributed by atoms with van der Waals surface area (Å²) in [7, 11) is 8.40. The fraction of sp³-hybridized carbons (Fsp3) is 0.0746. The van der Waals surface area contributed by atoms with Crippen LogP contribution < -0.4 is 18.3 Å². The third-order valence-corrected chi connectivity index (χ3v) is 28.1. The Kier molecular flexibility index (Phi) is 24.2. The number of benzene rings is 17. The smallest absolute Gasteiger partial charge is 0.212 e. The van der Waals surface area contributed by atoms with Gasteiger partial charge in [-0.15, -0.1) is 0 Å². The first-order valence-electron chi connectivity index (χ1n) is 48.6. The summed E-state index contributed by atoms with van der Waals surface area (Å²) in [6, 6.07) is 158. The van der Waals surface area contributed by atoms with E-state index in [9.17, 15) is 0 Å². The number of nitrogens with zero attached hydrogens (tertiary/aromatic N) is 8. The fourth-order valence-electron chi connectivity index (χ4n) is 20.9. The second-order valence-electron chi connectivity index (χ2n) is 37.0. The maximum absolute atomic E-state index is 3.18. The van der Waals surface area contributed by atoms with E-state index in [0.29, 0.717) is 0 Å². The van der Waals surface area contributed by atoms with E-state index in [0.717, 1.165) is 11.3 Å². The van der Waals surface area contributed by atoms with Gasteiger partial charge in [0.1, 0.15) is 28.2 Å². The van der Waals surface area contributed by atoms with Crippen molar-refractivity contribution in [1.29, 1.82) is 0 Å². The summed E-state index contributed by atoms with van der Waals surface area (Å²) in [5, 5.41) is 12.7. The Bertz CT molecular complexity index is 9250. The molecule has 8 heterocycles. The summed E-state index contributed by atoms with van der Waals surface area (Å²) in [4.78, 5) is 0. The standard InChI is InChI=1S/C37H29N2.C35H27N2.2C31H25N2.5H2/c1-5-6-7-10-28-14-21-37-34(24-28)33-23-26(2)12-20-36(33)39(37)31-18-16-29(17-19-31)30-15-13-27(3)32(25-30)35-11-8-9-22-38(35)4;1-24-18-19-25(23-31(24)32-15-9-10-22-36(32)2)26-20-21-35(28-12-4-3-11-27(26)28)37-33-16-7-5-13-29(33)30-14-6-8-17-34(30)37;1-22-17-18-24(21-28(22)29-14-7-8-19-32(29)2)23-10-9-11-25(20-23)33-30-15-5-3-12-26(30)27-13-4-6-16-31(27)33;1-22-14-15-24(21-28(22)29-11-7-8-20-32(29)2)23-16-18-25(19-17-23)33-30-12-5-3-9-26(30)27-10-4-6-13-31(27)33;;;;;/h8-9,11-25H,1-4H3;3-23H,1-2H3;2*3-21H,1-2H3;5*1H/q4*+1;;;;;. The Morgan fingerprint density at radius 1 is 0.204 bits per heavy atom. The normalized spacial score (nSPS) is 11.2. The molecule has 0 bridgehead atoms. The highest BCUT2D eigenvalue weighted by Crippen LogP contribution is 2.43. The maximum atomic E-state index is 3.18. The molecule has 0 aliphatic carbocycles. The van der Waals surface area contributed by atoms with Crippen LogP contribution >= 0.6 is 0 Å². The summed E-state index contributed by atoms with van der Waals surface area (Å²) in [5.74, 6) is 11.8. The summed E-state index contributed by atoms with van der Waals surface area (Å²) in [6.45, 7) is 12.7. The molecule has 0 aliphatic heterocycles. The minimum Gasteiger partial charge on any atom is -0.309 e. The lowest BCUT2D eigenvalue weighted by Crippen LogP contribution is -2.30. The van der Waals surface area contributed by atoms with E-state index in [1.54, 1.807) is 6.92 Å². The molecule has 8 heteroatoms. The van der Waals surface area contributed by atoms with Gasteiger partial charge in [0.25, 0.3) is 0 Å². The quantitative estimate of drug-likeness (QED) is 0.0863. The number of hydrogen-bond donors (Lipinski definition) is 0. The first-order valence-corrected chi connectivity index (χ1v) is 48.6. The van der Waals surface area contributed by atoms with Crippen molar-refractivity contribution >= 4 is 98.0 Å². The molecule has 25 rings (SSSR count). The van der Waals surface area contributed by atoms with Crippen LogP contribution in [0.4, 0.5) is 0 Å². The Labute approximate surface area is 836 Å². The summed E-state index contributed by atoms with van der Waals surface area (Å²) in [5.41, 5.74) is 41.5. The van der Waals surface area contributed by atoms with Crippen LogP contribution in [0, 0.1) is 58.3 Å². The van der Waals surface area contributed by atoms with Gasteiger partial charge >= 0.3 is 0 Å². The second-order valence-corrected chi connectivity index (χ2v) is 37.0. The average molecular weight is 1840 g/mol. The van der Waals surface area contributed by atoms with Crippen molar-refractivity contribution in [3.8, 4) is 136 Å². The molecule has 0 radical (unpaired) electrons. The minimum absolute atomic E-state index is 0. The first kappa shape index (κ1) is 89.2. The number of rotatable bonds is 12. The summed E-state index contributed by atoms with van der Waals surface area (Å²) >= 11 is 0. The van der Waals surface area contributed by atoms with Crippen LogP contribution in [-0.4, -0.2) is 18.3 Å². The molecule has 0 unspecified atom stereocenters. The van der Waals surface area contributed by atoms with Crippen molar-refractivity contribution in [1.82, 2.24) is 18.3 Å². The largest absolute Gasteiger partial charge is 0.309 e. The van der Waals surface area contributed by atoms with Gasteiger partial charge in [-0.1, -0.05) is 248 Å². The van der Waals surface area contributed by atoms with Crippen molar-refractivity contribution in [2.45, 2.75) is 41.5 Å². The monoisotopic (exact) mass is 1840 g/mol. The van der Waals surface area contributed by atoms with Gasteiger partial charge in [-0.2, -0.15) is 0 Å². The predicted molar refractivity (Wildman–Crippen MR) is 603 cm³/mol. The second kappa shape index (κ2) is 38.5. The van der Waals surface area contributed by atoms with Gasteiger partial charge < -0.3 is 18.3 Å². The van der Waals surface area contributed by atoms with E-state index in [1.165, 1.54) is 232 Å². The third-order valence-electron chi connectivity index (χ3n) is 28.1. The fourth-order valence-corrected chi connectivity index (χ4v) is 20.9. The van der Waals surface area contributed by atoms with Crippen LogP contribution in [0.3, 0.4) is 0 Å². The lowest BCUT2D eigenvalue weighted by molar-refractivity contribution is -0.660. The summed E-state index contributed by atoms with van der Waals surface area (Å²) in [6.07, 6.45) is 8.40. The molecule has 0 amide bonds. The topological polar surface area (TPSA) is 35.2 Å². The lowest BCUT2D eigenvalue weighted by Gasteiger charge is -2.15. The number of fused-ring (bicyclic) bond motifs is 13. The Morgan fingerprint density at radius 3 is 0.923 bits per heavy atom. The van der Waals surface area contributed by atoms with Gasteiger partial charge in [-0.25, -0.2) is 18.3 Å². The molecule has 0 N–H and O–H groups in total. The van der Waals surface area contributed by atoms with E-state index >= 15 is 0 Å². The van der Waals surface area contributed by atoms with Crippen LogP contribution in [0.15, 0.2) is 462 Å². The zero-order valence-electron chi connectivity index (χ0n) is 81.5. The average Bonchev–Trinajstić information content (AvgIpc) is 1.63. The van der Waals surface area contributed by atoms with Gasteiger partial charge in [-0.3, -0.25) is 0 Å². The van der Waals surface area contributed by atoms with Gasteiger partial charge in [-0.05, 0) is 283 Å². The van der Waals surface area contributed by atoms with E-state index in [1.807, 2.05) is 0 Å². The maximum Gasteiger partial charge on any atom is 0.212 e. The number of aryl methyl sites for hydroxylation is 9. The lowest BCUT2D eigenvalue weighted by atomic mass is 9.93. The van der Waals surface area contributed by atoms with E-state index in [2.05, 4.69) is 585 Å².